The zero-order chi connectivity index (χ0) is 12.3. The summed E-state index contributed by atoms with van der Waals surface area (Å²) < 4.78 is 0. The topological polar surface area (TPSA) is 52.6 Å². The molecule has 0 aromatic carbocycles. The van der Waals surface area contributed by atoms with Gasteiger partial charge in [-0.05, 0) is 44.4 Å². The lowest BCUT2D eigenvalue weighted by Gasteiger charge is -2.33. The van der Waals surface area contributed by atoms with Crippen molar-refractivity contribution in [3.63, 3.8) is 0 Å². The van der Waals surface area contributed by atoms with E-state index in [2.05, 4.69) is 12.2 Å². The van der Waals surface area contributed by atoms with Crippen LogP contribution in [0.5, 0.6) is 0 Å². The Labute approximate surface area is 103 Å². The fourth-order valence-corrected chi connectivity index (χ4v) is 2.70. The molecule has 1 saturated heterocycles. The Balaban J connectivity index is 1.73. The van der Waals surface area contributed by atoms with Crippen LogP contribution in [0.4, 0.5) is 4.79 Å². The van der Waals surface area contributed by atoms with Crippen LogP contribution in [0.1, 0.15) is 45.4 Å². The van der Waals surface area contributed by atoms with Gasteiger partial charge in [0.1, 0.15) is 0 Å². The maximum atomic E-state index is 12.0. The maximum absolute atomic E-state index is 12.0. The van der Waals surface area contributed by atoms with Crippen molar-refractivity contribution in [1.29, 1.82) is 0 Å². The van der Waals surface area contributed by atoms with Crippen LogP contribution in [0.15, 0.2) is 0 Å². The highest BCUT2D eigenvalue weighted by atomic mass is 16.3. The van der Waals surface area contributed by atoms with Crippen LogP contribution in [0.2, 0.25) is 0 Å². The number of rotatable bonds is 1. The summed E-state index contributed by atoms with van der Waals surface area (Å²) in [7, 11) is 0. The quantitative estimate of drug-likeness (QED) is 0.733. The zero-order valence-corrected chi connectivity index (χ0v) is 10.7. The van der Waals surface area contributed by atoms with Gasteiger partial charge in [-0.25, -0.2) is 4.79 Å². The van der Waals surface area contributed by atoms with Crippen molar-refractivity contribution >= 4 is 6.03 Å². The van der Waals surface area contributed by atoms with E-state index in [4.69, 9.17) is 0 Å². The highest BCUT2D eigenvalue weighted by Crippen LogP contribution is 2.20. The molecule has 4 nitrogen and oxygen atoms in total. The minimum Gasteiger partial charge on any atom is -0.393 e. The first-order valence-corrected chi connectivity index (χ1v) is 6.88. The SMILES string of the molecule is CC1CCN(C(=O)NC2CCC(O)CC2)CC1. The van der Waals surface area contributed by atoms with Crippen molar-refractivity contribution in [2.75, 3.05) is 13.1 Å². The lowest BCUT2D eigenvalue weighted by Crippen LogP contribution is -2.48. The monoisotopic (exact) mass is 240 g/mol. The van der Waals surface area contributed by atoms with Crippen LogP contribution in [0.3, 0.4) is 0 Å². The average Bonchev–Trinajstić information content (AvgIpc) is 2.33. The van der Waals surface area contributed by atoms with Crippen LogP contribution < -0.4 is 5.32 Å². The normalized spacial score (nSPS) is 31.3. The molecule has 17 heavy (non-hydrogen) atoms. The summed E-state index contributed by atoms with van der Waals surface area (Å²) in [5, 5.41) is 12.5. The van der Waals surface area contributed by atoms with Gasteiger partial charge in [0.15, 0.2) is 0 Å². The molecular formula is C13H24N2O2. The summed E-state index contributed by atoms with van der Waals surface area (Å²) in [4.78, 5) is 13.9. The second kappa shape index (κ2) is 5.71. The van der Waals surface area contributed by atoms with Gasteiger partial charge < -0.3 is 15.3 Å². The summed E-state index contributed by atoms with van der Waals surface area (Å²) in [6.07, 6.45) is 5.56. The number of carbonyl (C=O) groups excluding carboxylic acids is 1. The van der Waals surface area contributed by atoms with Gasteiger partial charge in [0.25, 0.3) is 0 Å². The Morgan fingerprint density at radius 3 is 2.29 bits per heavy atom. The number of nitrogens with zero attached hydrogens (tertiary/aromatic N) is 1. The van der Waals surface area contributed by atoms with Crippen molar-refractivity contribution < 1.29 is 9.90 Å². The highest BCUT2D eigenvalue weighted by molar-refractivity contribution is 5.74. The number of urea groups is 1. The van der Waals surface area contributed by atoms with E-state index in [1.54, 1.807) is 0 Å². The van der Waals surface area contributed by atoms with E-state index in [1.807, 2.05) is 4.90 Å². The standard InChI is InChI=1S/C13H24N2O2/c1-10-6-8-15(9-7-10)13(17)14-11-2-4-12(16)5-3-11/h10-12,16H,2-9H2,1H3,(H,14,17). The molecule has 0 unspecified atom stereocenters. The molecular weight excluding hydrogens is 216 g/mol. The molecule has 0 atom stereocenters. The minimum absolute atomic E-state index is 0.0956. The van der Waals surface area contributed by atoms with Crippen LogP contribution in [0.25, 0.3) is 0 Å². The Hall–Kier alpha value is -0.770. The third-order valence-corrected chi connectivity index (χ3v) is 4.10. The molecule has 1 aliphatic carbocycles. The van der Waals surface area contributed by atoms with E-state index >= 15 is 0 Å². The first kappa shape index (κ1) is 12.7. The van der Waals surface area contributed by atoms with E-state index in [0.29, 0.717) is 0 Å². The minimum atomic E-state index is -0.154. The van der Waals surface area contributed by atoms with Gasteiger partial charge >= 0.3 is 6.03 Å². The van der Waals surface area contributed by atoms with E-state index in [0.717, 1.165) is 57.5 Å². The van der Waals surface area contributed by atoms with Gasteiger partial charge in [-0.1, -0.05) is 6.92 Å². The molecule has 0 bridgehead atoms. The lowest BCUT2D eigenvalue weighted by atomic mass is 9.93. The molecule has 2 N–H and O–H groups in total. The summed E-state index contributed by atoms with van der Waals surface area (Å²) >= 11 is 0. The Morgan fingerprint density at radius 2 is 1.71 bits per heavy atom. The molecule has 4 heteroatoms. The zero-order valence-electron chi connectivity index (χ0n) is 10.7. The predicted octanol–water partition coefficient (Wildman–Crippen LogP) is 1.73. The second-order valence-corrected chi connectivity index (χ2v) is 5.62. The van der Waals surface area contributed by atoms with Gasteiger partial charge in [0.05, 0.1) is 6.10 Å². The summed E-state index contributed by atoms with van der Waals surface area (Å²) in [5.41, 5.74) is 0. The second-order valence-electron chi connectivity index (χ2n) is 5.62. The van der Waals surface area contributed by atoms with Crippen LogP contribution >= 0.6 is 0 Å². The van der Waals surface area contributed by atoms with Crippen molar-refractivity contribution in [3.05, 3.63) is 0 Å². The molecule has 0 aromatic heterocycles. The van der Waals surface area contributed by atoms with Gasteiger partial charge in [-0.2, -0.15) is 0 Å². The van der Waals surface area contributed by atoms with Crippen molar-refractivity contribution in [2.45, 2.75) is 57.6 Å². The number of nitrogens with one attached hydrogen (secondary N) is 1. The third-order valence-electron chi connectivity index (χ3n) is 4.10. The maximum Gasteiger partial charge on any atom is 0.317 e. The summed E-state index contributed by atoms with van der Waals surface area (Å²) in [6.45, 7) is 4.03. The van der Waals surface area contributed by atoms with E-state index in [-0.39, 0.29) is 18.2 Å². The predicted molar refractivity (Wildman–Crippen MR) is 66.8 cm³/mol. The van der Waals surface area contributed by atoms with Crippen molar-refractivity contribution in [3.8, 4) is 0 Å². The Morgan fingerprint density at radius 1 is 1.12 bits per heavy atom. The van der Waals surface area contributed by atoms with Gasteiger partial charge in [0.2, 0.25) is 0 Å². The average molecular weight is 240 g/mol. The molecule has 2 amide bonds. The summed E-state index contributed by atoms with van der Waals surface area (Å²) in [5.74, 6) is 0.754. The molecule has 0 spiro atoms. The number of aliphatic hydroxyl groups excluding tert-OH is 1. The van der Waals surface area contributed by atoms with Crippen molar-refractivity contribution in [2.24, 2.45) is 5.92 Å². The Kier molecular flexibility index (Phi) is 4.26. The molecule has 2 aliphatic rings. The summed E-state index contributed by atoms with van der Waals surface area (Å²) in [6, 6.07) is 0.364. The molecule has 1 aliphatic heterocycles. The van der Waals surface area contributed by atoms with Gasteiger partial charge in [0, 0.05) is 19.1 Å². The number of likely N-dealkylation sites (tertiary alicyclic amines) is 1. The number of piperidine rings is 1. The van der Waals surface area contributed by atoms with Gasteiger partial charge in [-0.15, -0.1) is 0 Å². The van der Waals surface area contributed by atoms with Crippen LogP contribution in [0, 0.1) is 5.92 Å². The largest absolute Gasteiger partial charge is 0.393 e. The van der Waals surface area contributed by atoms with Crippen LogP contribution in [-0.2, 0) is 0 Å². The first-order chi connectivity index (χ1) is 8.15. The lowest BCUT2D eigenvalue weighted by molar-refractivity contribution is 0.113. The van der Waals surface area contributed by atoms with E-state index < -0.39 is 0 Å². The Bertz CT molecular complexity index is 254. The number of hydrogen-bond acceptors (Lipinski definition) is 2. The molecule has 98 valence electrons. The fraction of sp³-hybridized carbons (Fsp3) is 0.923. The molecule has 1 saturated carbocycles. The third kappa shape index (κ3) is 3.60. The first-order valence-electron chi connectivity index (χ1n) is 6.88. The molecule has 1 heterocycles. The molecule has 2 rings (SSSR count). The smallest absolute Gasteiger partial charge is 0.317 e. The highest BCUT2D eigenvalue weighted by Gasteiger charge is 2.24. The number of aliphatic hydroxyl groups is 1. The van der Waals surface area contributed by atoms with Crippen molar-refractivity contribution in [1.82, 2.24) is 10.2 Å². The van der Waals surface area contributed by atoms with E-state index in [1.165, 1.54) is 0 Å². The van der Waals surface area contributed by atoms with Gasteiger partial charge in [-0.3, -0.25) is 0 Å². The fourth-order valence-electron chi connectivity index (χ4n) is 2.70. The molecule has 0 aromatic rings. The molecule has 2 fully saturated rings. The van der Waals surface area contributed by atoms with Crippen LogP contribution in [-0.4, -0.2) is 41.3 Å². The van der Waals surface area contributed by atoms with E-state index in [9.17, 15) is 9.90 Å². The molecule has 0 radical (unpaired) electrons. The number of amides is 2. The number of hydrogen-bond donors (Lipinski definition) is 2. The number of carbonyl (C=O) groups is 1.